The molecule has 0 aliphatic rings. The summed E-state index contributed by atoms with van der Waals surface area (Å²) in [6.45, 7) is 5.79. The van der Waals surface area contributed by atoms with Gasteiger partial charge in [0.1, 0.15) is 5.75 Å². The summed E-state index contributed by atoms with van der Waals surface area (Å²) in [5, 5.41) is 9.23. The van der Waals surface area contributed by atoms with Crippen LogP contribution in [-0.4, -0.2) is 5.11 Å². The molecule has 0 saturated carbocycles. The second kappa shape index (κ2) is 2.33. The number of hydrogen-bond donors (Lipinski definition) is 1. The van der Waals surface area contributed by atoms with Crippen LogP contribution in [0.4, 0.5) is 0 Å². The van der Waals surface area contributed by atoms with Crippen molar-refractivity contribution in [3.63, 3.8) is 0 Å². The third kappa shape index (κ3) is 1.13. The monoisotopic (exact) mass is 135 g/mol. The van der Waals surface area contributed by atoms with Gasteiger partial charge in [-0.05, 0) is 37.5 Å². The van der Waals surface area contributed by atoms with Gasteiger partial charge in [-0.3, -0.25) is 0 Å². The number of rotatable bonds is 0. The minimum absolute atomic E-state index is 0.275. The third-order valence-electron chi connectivity index (χ3n) is 1.70. The topological polar surface area (TPSA) is 20.2 Å². The average molecular weight is 135 g/mol. The molecular weight excluding hydrogens is 124 g/mol. The highest BCUT2D eigenvalue weighted by atomic mass is 16.3. The Balaban J connectivity index is 3.31. The lowest BCUT2D eigenvalue weighted by Gasteiger charge is -2.02. The van der Waals surface area contributed by atoms with E-state index >= 15 is 0 Å². The van der Waals surface area contributed by atoms with Crippen molar-refractivity contribution in [2.45, 2.75) is 20.8 Å². The van der Waals surface area contributed by atoms with Gasteiger partial charge >= 0.3 is 0 Å². The molecule has 0 spiro atoms. The third-order valence-corrected chi connectivity index (χ3v) is 1.70. The fourth-order valence-corrected chi connectivity index (χ4v) is 0.936. The summed E-state index contributed by atoms with van der Waals surface area (Å²) in [6, 6.07) is 4.84. The normalized spacial score (nSPS) is 9.90. The summed E-state index contributed by atoms with van der Waals surface area (Å²) < 4.78 is 0. The molecule has 1 aromatic carbocycles. The van der Waals surface area contributed by atoms with E-state index < -0.39 is 0 Å². The van der Waals surface area contributed by atoms with Gasteiger partial charge in [-0.25, -0.2) is 0 Å². The van der Waals surface area contributed by atoms with Gasteiger partial charge in [-0.15, -0.1) is 0 Å². The maximum Gasteiger partial charge on any atom is 0.126 e. The fraction of sp³-hybridized carbons (Fsp3) is 0.333. The molecule has 0 atom stereocenters. The van der Waals surface area contributed by atoms with E-state index in [2.05, 4.69) is 6.07 Å². The van der Waals surface area contributed by atoms with Gasteiger partial charge in [0.2, 0.25) is 0 Å². The molecule has 1 nitrogen and oxygen atoms in total. The molecule has 1 aromatic rings. The smallest absolute Gasteiger partial charge is 0.126 e. The predicted molar refractivity (Wildman–Crippen MR) is 41.2 cm³/mol. The zero-order valence-corrected chi connectivity index (χ0v) is 6.52. The van der Waals surface area contributed by atoms with Crippen molar-refractivity contribution < 1.29 is 5.11 Å². The fourth-order valence-electron chi connectivity index (χ4n) is 0.936. The van der Waals surface area contributed by atoms with Crippen molar-refractivity contribution in [1.29, 1.82) is 0 Å². The van der Waals surface area contributed by atoms with Crippen LogP contribution in [0.15, 0.2) is 6.07 Å². The highest BCUT2D eigenvalue weighted by Gasteiger charge is 1.99. The van der Waals surface area contributed by atoms with Gasteiger partial charge in [-0.2, -0.15) is 0 Å². The van der Waals surface area contributed by atoms with Crippen LogP contribution in [-0.2, 0) is 0 Å². The van der Waals surface area contributed by atoms with Crippen LogP contribution in [0.2, 0.25) is 0 Å². The Bertz CT molecular complexity index is 228. The maximum atomic E-state index is 9.23. The molecule has 0 bridgehead atoms. The number of phenolic OH excluding ortho intramolecular Hbond substituents is 1. The van der Waals surface area contributed by atoms with Crippen LogP contribution in [0, 0.1) is 26.8 Å². The van der Waals surface area contributed by atoms with Gasteiger partial charge in [-0.1, -0.05) is 6.07 Å². The lowest BCUT2D eigenvalue weighted by Crippen LogP contribution is -1.83. The van der Waals surface area contributed by atoms with E-state index in [0.717, 1.165) is 16.7 Å². The molecule has 0 fully saturated rings. The predicted octanol–water partition coefficient (Wildman–Crippen LogP) is 2.12. The van der Waals surface area contributed by atoms with E-state index in [4.69, 9.17) is 0 Å². The lowest BCUT2D eigenvalue weighted by molar-refractivity contribution is 0.469. The largest absolute Gasteiger partial charge is 0.507 e. The van der Waals surface area contributed by atoms with Crippen molar-refractivity contribution in [3.8, 4) is 5.75 Å². The SMILES string of the molecule is Cc1[c]c(O)c(C)c(C)c1. The summed E-state index contributed by atoms with van der Waals surface area (Å²) >= 11 is 0. The minimum Gasteiger partial charge on any atom is -0.507 e. The molecule has 53 valence electrons. The first-order chi connectivity index (χ1) is 4.61. The molecule has 0 aromatic heterocycles. The van der Waals surface area contributed by atoms with Gasteiger partial charge < -0.3 is 5.11 Å². The summed E-state index contributed by atoms with van der Waals surface area (Å²) in [5.41, 5.74) is 3.03. The number of benzene rings is 1. The summed E-state index contributed by atoms with van der Waals surface area (Å²) in [5.74, 6) is 0.275. The molecule has 1 N–H and O–H groups in total. The van der Waals surface area contributed by atoms with Crippen LogP contribution in [0.1, 0.15) is 16.7 Å². The molecule has 1 heteroatoms. The minimum atomic E-state index is 0.275. The molecule has 0 aliphatic heterocycles. The second-order valence-electron chi connectivity index (χ2n) is 2.61. The number of hydrogen-bond acceptors (Lipinski definition) is 1. The summed E-state index contributed by atoms with van der Waals surface area (Å²) in [4.78, 5) is 0. The van der Waals surface area contributed by atoms with Crippen molar-refractivity contribution >= 4 is 0 Å². The molecule has 0 saturated heterocycles. The van der Waals surface area contributed by atoms with E-state index in [-0.39, 0.29) is 5.75 Å². The quantitative estimate of drug-likeness (QED) is 0.577. The zero-order valence-electron chi connectivity index (χ0n) is 6.52. The van der Waals surface area contributed by atoms with Crippen molar-refractivity contribution in [1.82, 2.24) is 0 Å². The molecule has 0 aliphatic carbocycles. The molecule has 10 heavy (non-hydrogen) atoms. The molecule has 0 unspecified atom stereocenters. The zero-order chi connectivity index (χ0) is 7.72. The van der Waals surface area contributed by atoms with Crippen LogP contribution in [0.5, 0.6) is 5.75 Å². The van der Waals surface area contributed by atoms with E-state index in [0.29, 0.717) is 0 Å². The van der Waals surface area contributed by atoms with Crippen molar-refractivity contribution in [3.05, 3.63) is 28.8 Å². The van der Waals surface area contributed by atoms with Crippen LogP contribution in [0.3, 0.4) is 0 Å². The Morgan fingerprint density at radius 1 is 1.30 bits per heavy atom. The molecule has 0 heterocycles. The van der Waals surface area contributed by atoms with Crippen molar-refractivity contribution in [2.24, 2.45) is 0 Å². The number of phenols is 1. The first-order valence-corrected chi connectivity index (χ1v) is 3.30. The summed E-state index contributed by atoms with van der Waals surface area (Å²) in [7, 11) is 0. The highest BCUT2D eigenvalue weighted by molar-refractivity contribution is 5.39. The van der Waals surface area contributed by atoms with Gasteiger partial charge in [0, 0.05) is 6.07 Å². The average Bonchev–Trinajstić information content (AvgIpc) is 1.82. The van der Waals surface area contributed by atoms with E-state index in [9.17, 15) is 5.11 Å². The Labute approximate surface area is 61.3 Å². The van der Waals surface area contributed by atoms with E-state index in [1.807, 2.05) is 26.8 Å². The highest BCUT2D eigenvalue weighted by Crippen LogP contribution is 2.20. The van der Waals surface area contributed by atoms with Crippen LogP contribution < -0.4 is 0 Å². The standard InChI is InChI=1S/C9H11O/c1-6-4-7(2)8(3)9(10)5-6/h4,10H,1-3H3. The van der Waals surface area contributed by atoms with Gasteiger partial charge in [0.25, 0.3) is 0 Å². The second-order valence-corrected chi connectivity index (χ2v) is 2.61. The number of aryl methyl sites for hydroxylation is 2. The molecule has 0 amide bonds. The Hall–Kier alpha value is -0.980. The van der Waals surface area contributed by atoms with Crippen LogP contribution >= 0.6 is 0 Å². The summed E-state index contributed by atoms with van der Waals surface area (Å²) in [6.07, 6.45) is 0. The van der Waals surface area contributed by atoms with Gasteiger partial charge in [0.15, 0.2) is 0 Å². The Morgan fingerprint density at radius 2 is 1.90 bits per heavy atom. The Kier molecular flexibility index (Phi) is 1.66. The number of aromatic hydroxyl groups is 1. The van der Waals surface area contributed by atoms with Crippen LogP contribution in [0.25, 0.3) is 0 Å². The van der Waals surface area contributed by atoms with Gasteiger partial charge in [0.05, 0.1) is 0 Å². The molecular formula is C9H11O. The first kappa shape index (κ1) is 7.13. The van der Waals surface area contributed by atoms with Crippen molar-refractivity contribution in [2.75, 3.05) is 0 Å². The molecule has 1 radical (unpaired) electrons. The Morgan fingerprint density at radius 3 is 2.40 bits per heavy atom. The first-order valence-electron chi connectivity index (χ1n) is 3.30. The maximum absolute atomic E-state index is 9.23. The van der Waals surface area contributed by atoms with E-state index in [1.165, 1.54) is 0 Å². The van der Waals surface area contributed by atoms with E-state index in [1.54, 1.807) is 0 Å². The molecule has 1 rings (SSSR count). The lowest BCUT2D eigenvalue weighted by atomic mass is 10.1.